The summed E-state index contributed by atoms with van der Waals surface area (Å²) in [6.07, 6.45) is 3.03. The molecule has 1 heterocycles. The molecule has 0 atom stereocenters. The molecule has 3 rings (SSSR count). The summed E-state index contributed by atoms with van der Waals surface area (Å²) in [5, 5.41) is 1.26. The summed E-state index contributed by atoms with van der Waals surface area (Å²) >= 11 is 2.36. The minimum atomic E-state index is 0.715. The second-order valence-corrected chi connectivity index (χ2v) is 7.20. The predicted molar refractivity (Wildman–Crippen MR) is 112 cm³/mol. The smallest absolute Gasteiger partial charge is 0.131 e. The van der Waals surface area contributed by atoms with Crippen molar-refractivity contribution < 1.29 is 9.47 Å². The lowest BCUT2D eigenvalue weighted by Gasteiger charge is -2.14. The van der Waals surface area contributed by atoms with E-state index in [1.54, 1.807) is 14.2 Å². The summed E-state index contributed by atoms with van der Waals surface area (Å²) in [5.41, 5.74) is 10.2. The Bertz CT molecular complexity index is 851. The molecule has 25 heavy (non-hydrogen) atoms. The van der Waals surface area contributed by atoms with Crippen molar-refractivity contribution in [3.8, 4) is 22.8 Å². The number of ether oxygens (including phenoxy) is 2. The number of rotatable bonds is 7. The number of aromatic nitrogens is 1. The Hall–Kier alpha value is -1.73. The van der Waals surface area contributed by atoms with E-state index in [9.17, 15) is 0 Å². The first kappa shape index (κ1) is 18.1. The third kappa shape index (κ3) is 3.62. The van der Waals surface area contributed by atoms with Crippen LogP contribution in [-0.2, 0) is 6.42 Å². The van der Waals surface area contributed by atoms with Crippen LogP contribution in [0.3, 0.4) is 0 Å². The monoisotopic (exact) mass is 450 g/mol. The molecule has 3 aromatic rings. The minimum absolute atomic E-state index is 0.715. The van der Waals surface area contributed by atoms with Crippen LogP contribution in [0.25, 0.3) is 22.2 Å². The number of aromatic amines is 1. The molecule has 0 bridgehead atoms. The first-order chi connectivity index (χ1) is 12.2. The SMILES string of the molecule is COc1cccc(OC)c1-c1[nH]c2ccc(I)cc2c1CCCCN. The second-order valence-electron chi connectivity index (χ2n) is 5.95. The van der Waals surface area contributed by atoms with Crippen molar-refractivity contribution in [2.45, 2.75) is 19.3 Å². The van der Waals surface area contributed by atoms with Crippen LogP contribution in [0.5, 0.6) is 11.5 Å². The van der Waals surface area contributed by atoms with Gasteiger partial charge in [0.15, 0.2) is 0 Å². The Morgan fingerprint density at radius 1 is 1.04 bits per heavy atom. The molecule has 0 fully saturated rings. The van der Waals surface area contributed by atoms with Gasteiger partial charge in [0, 0.05) is 14.5 Å². The van der Waals surface area contributed by atoms with Gasteiger partial charge in [-0.15, -0.1) is 0 Å². The maximum absolute atomic E-state index is 5.70. The number of aryl methyl sites for hydroxylation is 1. The van der Waals surface area contributed by atoms with Crippen LogP contribution < -0.4 is 15.2 Å². The molecule has 0 amide bonds. The highest BCUT2D eigenvalue weighted by molar-refractivity contribution is 14.1. The van der Waals surface area contributed by atoms with Gasteiger partial charge in [0.1, 0.15) is 11.5 Å². The number of nitrogens with two attached hydrogens (primary N) is 1. The number of methoxy groups -OCH3 is 2. The van der Waals surface area contributed by atoms with E-state index in [0.717, 1.165) is 47.5 Å². The van der Waals surface area contributed by atoms with Gasteiger partial charge in [-0.1, -0.05) is 6.07 Å². The number of fused-ring (bicyclic) bond motifs is 1. The Morgan fingerprint density at radius 3 is 2.40 bits per heavy atom. The lowest BCUT2D eigenvalue weighted by Crippen LogP contribution is -2.00. The van der Waals surface area contributed by atoms with Gasteiger partial charge in [0.2, 0.25) is 0 Å². The molecule has 2 aromatic carbocycles. The van der Waals surface area contributed by atoms with Crippen molar-refractivity contribution in [3.63, 3.8) is 0 Å². The number of nitrogens with one attached hydrogen (secondary N) is 1. The maximum atomic E-state index is 5.70. The molecule has 5 heteroatoms. The largest absolute Gasteiger partial charge is 0.496 e. The number of H-pyrrole nitrogens is 1. The maximum Gasteiger partial charge on any atom is 0.131 e. The number of halogens is 1. The average molecular weight is 450 g/mol. The number of hydrogen-bond donors (Lipinski definition) is 2. The molecule has 0 saturated carbocycles. The van der Waals surface area contributed by atoms with E-state index < -0.39 is 0 Å². The molecule has 4 nitrogen and oxygen atoms in total. The van der Waals surface area contributed by atoms with E-state index >= 15 is 0 Å². The van der Waals surface area contributed by atoms with Crippen molar-refractivity contribution in [1.82, 2.24) is 4.98 Å². The lowest BCUT2D eigenvalue weighted by molar-refractivity contribution is 0.397. The summed E-state index contributed by atoms with van der Waals surface area (Å²) in [4.78, 5) is 3.59. The molecule has 0 unspecified atom stereocenters. The van der Waals surface area contributed by atoms with E-state index in [4.69, 9.17) is 15.2 Å². The molecule has 0 aliphatic carbocycles. The third-order valence-electron chi connectivity index (χ3n) is 4.43. The fourth-order valence-electron chi connectivity index (χ4n) is 3.24. The predicted octanol–water partition coefficient (Wildman–Crippen LogP) is 4.74. The van der Waals surface area contributed by atoms with E-state index in [0.29, 0.717) is 6.54 Å². The zero-order chi connectivity index (χ0) is 17.8. The van der Waals surface area contributed by atoms with Crippen molar-refractivity contribution in [2.24, 2.45) is 5.73 Å². The number of hydrogen-bond acceptors (Lipinski definition) is 3. The Labute approximate surface area is 161 Å². The molecule has 132 valence electrons. The molecule has 0 saturated heterocycles. The van der Waals surface area contributed by atoms with Gasteiger partial charge in [-0.2, -0.15) is 0 Å². The van der Waals surface area contributed by atoms with Crippen molar-refractivity contribution in [1.29, 1.82) is 0 Å². The fourth-order valence-corrected chi connectivity index (χ4v) is 3.73. The van der Waals surface area contributed by atoms with Gasteiger partial charge in [0.05, 0.1) is 25.5 Å². The van der Waals surface area contributed by atoms with E-state index in [-0.39, 0.29) is 0 Å². The molecule has 0 spiro atoms. The summed E-state index contributed by atoms with van der Waals surface area (Å²) in [6.45, 7) is 0.715. The fraction of sp³-hybridized carbons (Fsp3) is 0.300. The highest BCUT2D eigenvalue weighted by Gasteiger charge is 2.20. The molecule has 1 aromatic heterocycles. The first-order valence-electron chi connectivity index (χ1n) is 8.41. The van der Waals surface area contributed by atoms with Crippen molar-refractivity contribution in [2.75, 3.05) is 20.8 Å². The van der Waals surface area contributed by atoms with Crippen LogP contribution in [0.15, 0.2) is 36.4 Å². The van der Waals surface area contributed by atoms with Crippen molar-refractivity contribution >= 4 is 33.5 Å². The van der Waals surface area contributed by atoms with E-state index in [2.05, 4.69) is 45.8 Å². The number of unbranched alkanes of at least 4 members (excludes halogenated alkanes) is 1. The van der Waals surface area contributed by atoms with E-state index in [1.165, 1.54) is 14.5 Å². The van der Waals surface area contributed by atoms with Gasteiger partial charge >= 0.3 is 0 Å². The quantitative estimate of drug-likeness (QED) is 0.404. The standard InChI is InChI=1S/C20H23IN2O2/c1-24-17-7-5-8-18(25-2)19(17)20-14(6-3-4-11-22)15-12-13(21)9-10-16(15)23-20/h5,7-10,12,23H,3-4,6,11,22H2,1-2H3. The van der Waals surface area contributed by atoms with Gasteiger partial charge in [-0.25, -0.2) is 0 Å². The van der Waals surface area contributed by atoms with Crippen LogP contribution in [0.1, 0.15) is 18.4 Å². The minimum Gasteiger partial charge on any atom is -0.496 e. The number of benzene rings is 2. The average Bonchev–Trinajstić information content (AvgIpc) is 2.98. The van der Waals surface area contributed by atoms with Crippen LogP contribution in [0, 0.1) is 3.57 Å². The summed E-state index contributed by atoms with van der Waals surface area (Å²) in [5.74, 6) is 1.61. The normalized spacial score (nSPS) is 11.0. The van der Waals surface area contributed by atoms with Gasteiger partial charge in [-0.3, -0.25) is 0 Å². The van der Waals surface area contributed by atoms with Crippen molar-refractivity contribution in [3.05, 3.63) is 45.5 Å². The molecule has 0 radical (unpaired) electrons. The third-order valence-corrected chi connectivity index (χ3v) is 5.10. The van der Waals surface area contributed by atoms with Gasteiger partial charge in [0.25, 0.3) is 0 Å². The molecular formula is C20H23IN2O2. The zero-order valence-electron chi connectivity index (χ0n) is 14.6. The van der Waals surface area contributed by atoms with Crippen LogP contribution >= 0.6 is 22.6 Å². The van der Waals surface area contributed by atoms with Crippen LogP contribution in [-0.4, -0.2) is 25.7 Å². The Morgan fingerprint density at radius 2 is 1.76 bits per heavy atom. The summed E-state index contributed by atoms with van der Waals surface area (Å²) in [7, 11) is 3.38. The Kier molecular flexibility index (Phi) is 5.86. The van der Waals surface area contributed by atoms with Crippen LogP contribution in [0.4, 0.5) is 0 Å². The molecular weight excluding hydrogens is 427 g/mol. The van der Waals surface area contributed by atoms with Gasteiger partial charge < -0.3 is 20.2 Å². The second kappa shape index (κ2) is 8.10. The summed E-state index contributed by atoms with van der Waals surface area (Å²) < 4.78 is 12.5. The van der Waals surface area contributed by atoms with E-state index in [1.807, 2.05) is 18.2 Å². The highest BCUT2D eigenvalue weighted by atomic mass is 127. The summed E-state index contributed by atoms with van der Waals surface area (Å²) in [6, 6.07) is 12.4. The van der Waals surface area contributed by atoms with Gasteiger partial charge in [-0.05, 0) is 84.3 Å². The zero-order valence-corrected chi connectivity index (χ0v) is 16.7. The first-order valence-corrected chi connectivity index (χ1v) is 9.49. The van der Waals surface area contributed by atoms with Crippen LogP contribution in [0.2, 0.25) is 0 Å². The topological polar surface area (TPSA) is 60.3 Å². The lowest BCUT2D eigenvalue weighted by atomic mass is 9.99. The molecule has 0 aliphatic rings. The molecule has 0 aliphatic heterocycles. The Balaban J connectivity index is 2.23. The molecule has 3 N–H and O–H groups in total. The highest BCUT2D eigenvalue weighted by Crippen LogP contribution is 2.42.